The highest BCUT2D eigenvalue weighted by molar-refractivity contribution is 7.98. The largest absolute Gasteiger partial charge is 0.483 e. The first-order valence-corrected chi connectivity index (χ1v) is 11.1. The minimum Gasteiger partial charge on any atom is -0.483 e. The normalized spacial score (nSPS) is 12.8. The molecule has 0 aliphatic heterocycles. The minimum absolute atomic E-state index is 0.135. The summed E-state index contributed by atoms with van der Waals surface area (Å²) < 4.78 is 8.32. The van der Waals surface area contributed by atoms with E-state index in [4.69, 9.17) is 4.74 Å². The highest BCUT2D eigenvalue weighted by Gasteiger charge is 2.19. The van der Waals surface area contributed by atoms with Gasteiger partial charge in [-0.05, 0) is 49.4 Å². The van der Waals surface area contributed by atoms with E-state index in [1.165, 1.54) is 16.7 Å². The summed E-state index contributed by atoms with van der Waals surface area (Å²) >= 11 is 1.72. The van der Waals surface area contributed by atoms with E-state index in [2.05, 4.69) is 85.8 Å². The summed E-state index contributed by atoms with van der Waals surface area (Å²) in [5, 5.41) is 9.80. The Balaban J connectivity index is 1.70. The fraction of sp³-hybridized carbons (Fsp3) is 0.417. The molecule has 0 aliphatic carbocycles. The van der Waals surface area contributed by atoms with E-state index in [1.54, 1.807) is 11.8 Å². The predicted octanol–water partition coefficient (Wildman–Crippen LogP) is 6.34. The number of ether oxygens (including phenoxy) is 1. The standard InChI is InChI=1S/C24H31N3OS/c1-7-27-22(18(3)28-21-13-11-20(12-14-21)24(4,5)6)25-26-23(27)29-16-19-10-8-9-17(2)15-19/h8-15,18H,7,16H2,1-6H3. The van der Waals surface area contributed by atoms with Crippen molar-refractivity contribution >= 4 is 11.8 Å². The molecule has 3 aromatic rings. The van der Waals surface area contributed by atoms with E-state index >= 15 is 0 Å². The van der Waals surface area contributed by atoms with E-state index in [0.29, 0.717) is 0 Å². The summed E-state index contributed by atoms with van der Waals surface area (Å²) in [5.74, 6) is 2.59. The molecule has 0 saturated carbocycles. The Hall–Kier alpha value is -2.27. The van der Waals surface area contributed by atoms with E-state index < -0.39 is 0 Å². The summed E-state index contributed by atoms with van der Waals surface area (Å²) in [6, 6.07) is 16.9. The molecule has 0 spiro atoms. The first-order valence-electron chi connectivity index (χ1n) is 10.2. The highest BCUT2D eigenvalue weighted by atomic mass is 32.2. The van der Waals surface area contributed by atoms with Gasteiger partial charge in [-0.2, -0.15) is 0 Å². The van der Waals surface area contributed by atoms with Crippen LogP contribution in [0.5, 0.6) is 5.75 Å². The maximum Gasteiger partial charge on any atom is 0.191 e. The van der Waals surface area contributed by atoms with Crippen molar-refractivity contribution in [1.82, 2.24) is 14.8 Å². The van der Waals surface area contributed by atoms with Crippen molar-refractivity contribution in [2.75, 3.05) is 0 Å². The second kappa shape index (κ2) is 9.04. The lowest BCUT2D eigenvalue weighted by Gasteiger charge is -2.20. The number of aryl methyl sites for hydroxylation is 1. The first kappa shape index (κ1) is 21.4. The van der Waals surface area contributed by atoms with Crippen LogP contribution < -0.4 is 4.74 Å². The SMILES string of the molecule is CCn1c(SCc2cccc(C)c2)nnc1C(C)Oc1ccc(C(C)(C)C)cc1. The molecule has 0 amide bonds. The number of nitrogens with zero attached hydrogens (tertiary/aromatic N) is 3. The fourth-order valence-electron chi connectivity index (χ4n) is 3.24. The first-order chi connectivity index (χ1) is 13.8. The predicted molar refractivity (Wildman–Crippen MR) is 121 cm³/mol. The molecule has 1 unspecified atom stereocenters. The maximum atomic E-state index is 6.17. The summed E-state index contributed by atoms with van der Waals surface area (Å²) in [6.45, 7) is 13.7. The van der Waals surface area contributed by atoms with Crippen molar-refractivity contribution in [1.29, 1.82) is 0 Å². The molecule has 3 rings (SSSR count). The summed E-state index contributed by atoms with van der Waals surface area (Å²) in [4.78, 5) is 0. The van der Waals surface area contributed by atoms with Gasteiger partial charge in [0.15, 0.2) is 17.1 Å². The van der Waals surface area contributed by atoms with Crippen molar-refractivity contribution in [2.45, 2.75) is 70.5 Å². The van der Waals surface area contributed by atoms with Gasteiger partial charge in [0.25, 0.3) is 0 Å². The third-order valence-corrected chi connectivity index (χ3v) is 5.95. The number of benzene rings is 2. The van der Waals surface area contributed by atoms with Gasteiger partial charge in [0.2, 0.25) is 0 Å². The van der Waals surface area contributed by atoms with Crippen LogP contribution in [0.1, 0.15) is 63.2 Å². The second-order valence-electron chi connectivity index (χ2n) is 8.40. The van der Waals surface area contributed by atoms with Crippen LogP contribution in [0, 0.1) is 6.92 Å². The zero-order valence-electron chi connectivity index (χ0n) is 18.3. The number of aromatic nitrogens is 3. The van der Waals surface area contributed by atoms with Crippen LogP contribution >= 0.6 is 11.8 Å². The van der Waals surface area contributed by atoms with Crippen molar-refractivity contribution < 1.29 is 4.74 Å². The number of thioether (sulfide) groups is 1. The Kier molecular flexibility index (Phi) is 6.68. The zero-order chi connectivity index (χ0) is 21.0. The van der Waals surface area contributed by atoms with Crippen molar-refractivity contribution in [3.63, 3.8) is 0 Å². The molecule has 1 atom stereocenters. The molecule has 0 radical (unpaired) electrons. The van der Waals surface area contributed by atoms with Gasteiger partial charge in [0.05, 0.1) is 0 Å². The van der Waals surface area contributed by atoms with Gasteiger partial charge < -0.3 is 9.30 Å². The summed E-state index contributed by atoms with van der Waals surface area (Å²) in [7, 11) is 0. The molecule has 0 N–H and O–H groups in total. The van der Waals surface area contributed by atoms with Crippen LogP contribution in [0.4, 0.5) is 0 Å². The van der Waals surface area contributed by atoms with Crippen LogP contribution in [-0.2, 0) is 17.7 Å². The molecule has 1 heterocycles. The van der Waals surface area contributed by atoms with Gasteiger partial charge in [0.1, 0.15) is 5.75 Å². The number of hydrogen-bond donors (Lipinski definition) is 0. The fourth-order valence-corrected chi connectivity index (χ4v) is 4.20. The zero-order valence-corrected chi connectivity index (χ0v) is 19.1. The molecule has 0 aliphatic rings. The molecule has 1 aromatic heterocycles. The van der Waals surface area contributed by atoms with Gasteiger partial charge in [-0.1, -0.05) is 74.5 Å². The Bertz CT molecular complexity index is 942. The monoisotopic (exact) mass is 409 g/mol. The van der Waals surface area contributed by atoms with Crippen LogP contribution in [0.25, 0.3) is 0 Å². The van der Waals surface area contributed by atoms with Crippen LogP contribution in [0.15, 0.2) is 53.7 Å². The Morgan fingerprint density at radius 3 is 2.41 bits per heavy atom. The Morgan fingerprint density at radius 2 is 1.79 bits per heavy atom. The van der Waals surface area contributed by atoms with E-state index in [9.17, 15) is 0 Å². The lowest BCUT2D eigenvalue weighted by atomic mass is 9.87. The average Bonchev–Trinajstić information content (AvgIpc) is 3.09. The Morgan fingerprint density at radius 1 is 1.07 bits per heavy atom. The van der Waals surface area contributed by atoms with Crippen molar-refractivity contribution in [3.05, 3.63) is 71.0 Å². The van der Waals surface area contributed by atoms with Gasteiger partial charge in [-0.3, -0.25) is 0 Å². The number of hydrogen-bond acceptors (Lipinski definition) is 4. The number of rotatable bonds is 7. The molecular weight excluding hydrogens is 378 g/mol. The van der Waals surface area contributed by atoms with Crippen LogP contribution in [0.3, 0.4) is 0 Å². The third-order valence-electron chi connectivity index (χ3n) is 4.91. The molecule has 0 saturated heterocycles. The minimum atomic E-state index is -0.170. The Labute approximate surface area is 178 Å². The molecule has 4 nitrogen and oxygen atoms in total. The quantitative estimate of drug-likeness (QED) is 0.427. The lowest BCUT2D eigenvalue weighted by molar-refractivity contribution is 0.210. The maximum absolute atomic E-state index is 6.17. The molecule has 5 heteroatoms. The van der Waals surface area contributed by atoms with E-state index in [-0.39, 0.29) is 11.5 Å². The van der Waals surface area contributed by atoms with Gasteiger partial charge in [0, 0.05) is 12.3 Å². The third kappa shape index (κ3) is 5.41. The van der Waals surface area contributed by atoms with Crippen LogP contribution in [-0.4, -0.2) is 14.8 Å². The molecule has 0 bridgehead atoms. The molecule has 2 aromatic carbocycles. The van der Waals surface area contributed by atoms with Crippen molar-refractivity contribution in [3.8, 4) is 5.75 Å². The van der Waals surface area contributed by atoms with Crippen molar-refractivity contribution in [2.24, 2.45) is 0 Å². The summed E-state index contributed by atoms with van der Waals surface area (Å²) in [6.07, 6.45) is -0.170. The van der Waals surface area contributed by atoms with E-state index in [0.717, 1.165) is 29.0 Å². The van der Waals surface area contributed by atoms with Gasteiger partial charge >= 0.3 is 0 Å². The topological polar surface area (TPSA) is 39.9 Å². The highest BCUT2D eigenvalue weighted by Crippen LogP contribution is 2.28. The van der Waals surface area contributed by atoms with Crippen LogP contribution in [0.2, 0.25) is 0 Å². The average molecular weight is 410 g/mol. The molecular formula is C24H31N3OS. The second-order valence-corrected chi connectivity index (χ2v) is 9.34. The van der Waals surface area contributed by atoms with Gasteiger partial charge in [-0.15, -0.1) is 10.2 Å². The molecule has 29 heavy (non-hydrogen) atoms. The van der Waals surface area contributed by atoms with Gasteiger partial charge in [-0.25, -0.2) is 0 Å². The molecule has 154 valence electrons. The molecule has 0 fully saturated rings. The van der Waals surface area contributed by atoms with E-state index in [1.807, 2.05) is 19.1 Å². The lowest BCUT2D eigenvalue weighted by Crippen LogP contribution is -2.13. The smallest absolute Gasteiger partial charge is 0.191 e. The summed E-state index contributed by atoms with van der Waals surface area (Å²) in [5.41, 5.74) is 4.01.